The SMILES string of the molecule is CC1=C(C(=O)Nc2ccc(C)cn2)[C@H](c2ccccc2Cl)C2=C(C[C@@H](c3ccco3)CC2=O)N1. The van der Waals surface area contributed by atoms with Crippen molar-refractivity contribution in [3.8, 4) is 0 Å². The van der Waals surface area contributed by atoms with Crippen LogP contribution in [0.3, 0.4) is 0 Å². The Kier molecular flexibility index (Phi) is 5.84. The van der Waals surface area contributed by atoms with E-state index in [9.17, 15) is 9.59 Å². The first-order valence-electron chi connectivity index (χ1n) is 11.2. The number of hydrogen-bond donors (Lipinski definition) is 2. The Morgan fingerprint density at radius 2 is 1.94 bits per heavy atom. The molecule has 6 nitrogen and oxygen atoms in total. The van der Waals surface area contributed by atoms with Gasteiger partial charge in [-0.25, -0.2) is 4.98 Å². The average Bonchev–Trinajstić information content (AvgIpc) is 3.35. The van der Waals surface area contributed by atoms with E-state index in [1.807, 2.05) is 50.2 Å². The van der Waals surface area contributed by atoms with Gasteiger partial charge in [0.25, 0.3) is 5.91 Å². The number of carbonyl (C=O) groups is 2. The maximum atomic E-state index is 13.6. The maximum absolute atomic E-state index is 13.6. The number of Topliss-reactive ketones (excluding diaryl/α,β-unsaturated/α-hetero) is 1. The zero-order chi connectivity index (χ0) is 23.8. The van der Waals surface area contributed by atoms with E-state index in [1.165, 1.54) is 0 Å². The van der Waals surface area contributed by atoms with Gasteiger partial charge in [-0.05, 0) is 55.7 Å². The number of pyridine rings is 1. The molecule has 0 radical (unpaired) electrons. The van der Waals surface area contributed by atoms with Gasteiger partial charge in [-0.2, -0.15) is 0 Å². The molecule has 0 unspecified atom stereocenters. The summed E-state index contributed by atoms with van der Waals surface area (Å²) >= 11 is 6.61. The lowest BCUT2D eigenvalue weighted by Crippen LogP contribution is -2.37. The van der Waals surface area contributed by atoms with Gasteiger partial charge in [0, 0.05) is 52.0 Å². The fourth-order valence-corrected chi connectivity index (χ4v) is 5.06. The smallest absolute Gasteiger partial charge is 0.255 e. The van der Waals surface area contributed by atoms with Crippen LogP contribution in [-0.4, -0.2) is 16.7 Å². The molecule has 1 aliphatic carbocycles. The fraction of sp³-hybridized carbons (Fsp3) is 0.222. The number of dihydropyridines is 1. The minimum absolute atomic E-state index is 0.0219. The Morgan fingerprint density at radius 1 is 1.12 bits per heavy atom. The molecule has 7 heteroatoms. The fourth-order valence-electron chi connectivity index (χ4n) is 4.81. The Morgan fingerprint density at radius 3 is 2.65 bits per heavy atom. The van der Waals surface area contributed by atoms with E-state index in [0.29, 0.717) is 40.5 Å². The Balaban J connectivity index is 1.57. The number of amides is 1. The summed E-state index contributed by atoms with van der Waals surface area (Å²) in [5.74, 6) is 0.249. The van der Waals surface area contributed by atoms with Crippen LogP contribution in [0.1, 0.15) is 48.5 Å². The van der Waals surface area contributed by atoms with Crippen molar-refractivity contribution in [3.05, 3.63) is 105 Å². The molecule has 3 aromatic rings. The van der Waals surface area contributed by atoms with E-state index in [1.54, 1.807) is 24.6 Å². The number of nitrogens with zero attached hydrogens (tertiary/aromatic N) is 1. The lowest BCUT2D eigenvalue weighted by Gasteiger charge is -2.36. The predicted octanol–water partition coefficient (Wildman–Crippen LogP) is 5.64. The number of carbonyl (C=O) groups excluding carboxylic acids is 2. The number of anilines is 1. The molecule has 2 atom stereocenters. The molecule has 1 aromatic carbocycles. The number of nitrogens with one attached hydrogen (secondary N) is 2. The highest BCUT2D eigenvalue weighted by Crippen LogP contribution is 2.47. The van der Waals surface area contributed by atoms with E-state index in [-0.39, 0.29) is 17.6 Å². The van der Waals surface area contributed by atoms with Crippen LogP contribution in [0, 0.1) is 6.92 Å². The number of halogens is 1. The van der Waals surface area contributed by atoms with Gasteiger partial charge in [0.1, 0.15) is 11.6 Å². The number of ketones is 1. The zero-order valence-corrected chi connectivity index (χ0v) is 19.6. The molecule has 2 aromatic heterocycles. The van der Waals surface area contributed by atoms with Crippen molar-refractivity contribution >= 4 is 29.1 Å². The van der Waals surface area contributed by atoms with Crippen LogP contribution in [0.25, 0.3) is 0 Å². The van der Waals surface area contributed by atoms with E-state index in [0.717, 1.165) is 22.6 Å². The highest BCUT2D eigenvalue weighted by molar-refractivity contribution is 6.31. The summed E-state index contributed by atoms with van der Waals surface area (Å²) in [4.78, 5) is 31.4. The number of benzene rings is 1. The van der Waals surface area contributed by atoms with Gasteiger partial charge in [-0.15, -0.1) is 0 Å². The van der Waals surface area contributed by atoms with Gasteiger partial charge < -0.3 is 15.1 Å². The minimum atomic E-state index is -0.583. The van der Waals surface area contributed by atoms with Gasteiger partial charge in [-0.1, -0.05) is 35.9 Å². The first-order chi connectivity index (χ1) is 16.4. The summed E-state index contributed by atoms with van der Waals surface area (Å²) in [5, 5.41) is 6.76. The molecule has 34 heavy (non-hydrogen) atoms. The molecule has 0 saturated carbocycles. The first-order valence-corrected chi connectivity index (χ1v) is 11.6. The van der Waals surface area contributed by atoms with E-state index in [2.05, 4.69) is 15.6 Å². The lowest BCUT2D eigenvalue weighted by atomic mass is 9.72. The molecule has 2 aliphatic rings. The Hall–Kier alpha value is -3.64. The van der Waals surface area contributed by atoms with Crippen LogP contribution in [0.5, 0.6) is 0 Å². The number of aromatic nitrogens is 1. The number of aryl methyl sites for hydroxylation is 1. The van der Waals surface area contributed by atoms with Crippen molar-refractivity contribution < 1.29 is 14.0 Å². The van der Waals surface area contributed by atoms with Crippen molar-refractivity contribution in [1.29, 1.82) is 0 Å². The quantitative estimate of drug-likeness (QED) is 0.512. The highest BCUT2D eigenvalue weighted by Gasteiger charge is 2.42. The second kappa shape index (κ2) is 8.95. The molecule has 3 heterocycles. The standard InChI is InChI=1S/C27H24ClN3O3/c1-15-9-10-23(29-14-15)31-27(33)24-16(2)30-20-12-17(22-8-5-11-34-22)13-21(32)26(20)25(24)18-6-3-4-7-19(18)28/h3-11,14,17,25,30H,12-13H2,1-2H3,(H,29,31,33)/t17-,25+/m1/s1. The van der Waals surface area contributed by atoms with Crippen LogP contribution in [-0.2, 0) is 9.59 Å². The van der Waals surface area contributed by atoms with E-state index >= 15 is 0 Å². The van der Waals surface area contributed by atoms with Crippen LogP contribution in [0.4, 0.5) is 5.82 Å². The van der Waals surface area contributed by atoms with E-state index in [4.69, 9.17) is 16.0 Å². The number of rotatable bonds is 4. The summed E-state index contributed by atoms with van der Waals surface area (Å²) in [6.45, 7) is 3.79. The zero-order valence-electron chi connectivity index (χ0n) is 18.9. The van der Waals surface area contributed by atoms with E-state index < -0.39 is 5.92 Å². The molecule has 2 N–H and O–H groups in total. The van der Waals surface area contributed by atoms with Crippen LogP contribution >= 0.6 is 11.6 Å². The largest absolute Gasteiger partial charge is 0.469 e. The Labute approximate surface area is 202 Å². The molecule has 0 spiro atoms. The normalized spacial score (nSPS) is 20.1. The summed E-state index contributed by atoms with van der Waals surface area (Å²) < 4.78 is 5.59. The van der Waals surface area contributed by atoms with Gasteiger partial charge in [0.15, 0.2) is 5.78 Å². The van der Waals surface area contributed by atoms with Crippen LogP contribution in [0.2, 0.25) is 5.02 Å². The first kappa shape index (κ1) is 22.2. The summed E-state index contributed by atoms with van der Waals surface area (Å²) in [5.41, 5.74) is 4.26. The summed E-state index contributed by atoms with van der Waals surface area (Å²) in [6.07, 6.45) is 4.24. The Bertz CT molecular complexity index is 1320. The van der Waals surface area contributed by atoms with Crippen LogP contribution in [0.15, 0.2) is 87.9 Å². The molecule has 1 aliphatic heterocycles. The number of hydrogen-bond acceptors (Lipinski definition) is 5. The number of allylic oxidation sites excluding steroid dienone is 3. The lowest BCUT2D eigenvalue weighted by molar-refractivity contribution is -0.116. The topological polar surface area (TPSA) is 84.2 Å². The molecular formula is C27H24ClN3O3. The minimum Gasteiger partial charge on any atom is -0.469 e. The summed E-state index contributed by atoms with van der Waals surface area (Å²) in [7, 11) is 0. The highest BCUT2D eigenvalue weighted by atomic mass is 35.5. The molecule has 0 fully saturated rings. The van der Waals surface area contributed by atoms with Crippen molar-refractivity contribution in [2.75, 3.05) is 5.32 Å². The van der Waals surface area contributed by atoms with Crippen LogP contribution < -0.4 is 10.6 Å². The maximum Gasteiger partial charge on any atom is 0.255 e. The predicted molar refractivity (Wildman–Crippen MR) is 130 cm³/mol. The average molecular weight is 474 g/mol. The van der Waals surface area contributed by atoms with Gasteiger partial charge in [0.2, 0.25) is 0 Å². The monoisotopic (exact) mass is 473 g/mol. The van der Waals surface area contributed by atoms with Crippen molar-refractivity contribution in [1.82, 2.24) is 10.3 Å². The number of furan rings is 1. The van der Waals surface area contributed by atoms with Crippen molar-refractivity contribution in [2.45, 2.75) is 38.5 Å². The van der Waals surface area contributed by atoms with Crippen molar-refractivity contribution in [2.24, 2.45) is 0 Å². The van der Waals surface area contributed by atoms with Gasteiger partial charge in [-0.3, -0.25) is 9.59 Å². The third-order valence-electron chi connectivity index (χ3n) is 6.39. The molecule has 5 rings (SSSR count). The molecule has 1 amide bonds. The summed E-state index contributed by atoms with van der Waals surface area (Å²) in [6, 6.07) is 14.7. The second-order valence-electron chi connectivity index (χ2n) is 8.73. The molecular weight excluding hydrogens is 450 g/mol. The van der Waals surface area contributed by atoms with Gasteiger partial charge in [0.05, 0.1) is 6.26 Å². The molecule has 0 bridgehead atoms. The van der Waals surface area contributed by atoms with Crippen molar-refractivity contribution in [3.63, 3.8) is 0 Å². The molecule has 172 valence electrons. The molecule has 0 saturated heterocycles. The third kappa shape index (κ3) is 4.05. The van der Waals surface area contributed by atoms with Gasteiger partial charge >= 0.3 is 0 Å². The third-order valence-corrected chi connectivity index (χ3v) is 6.73. The second-order valence-corrected chi connectivity index (χ2v) is 9.14.